The van der Waals surface area contributed by atoms with Crippen LogP contribution in [0.15, 0.2) is 18.2 Å². The van der Waals surface area contributed by atoms with Gasteiger partial charge >= 0.3 is 5.97 Å². The molecule has 5 nitrogen and oxygen atoms in total. The van der Waals surface area contributed by atoms with Crippen LogP contribution in [0.2, 0.25) is 0 Å². The monoisotopic (exact) mass is 248 g/mol. The van der Waals surface area contributed by atoms with E-state index in [-0.39, 0.29) is 5.91 Å². The molecule has 0 saturated carbocycles. The third-order valence-electron chi connectivity index (χ3n) is 3.25. The predicted molar refractivity (Wildman–Crippen MR) is 68.9 cm³/mol. The zero-order valence-corrected chi connectivity index (χ0v) is 10.4. The molecule has 0 aliphatic carbocycles. The molecule has 18 heavy (non-hydrogen) atoms. The van der Waals surface area contributed by atoms with E-state index in [4.69, 9.17) is 5.11 Å². The minimum absolute atomic E-state index is 0.130. The number of nitrogens with one attached hydrogen (secondary N) is 1. The lowest BCUT2D eigenvalue weighted by molar-refractivity contribution is -0.139. The maximum atomic E-state index is 11.9. The molecule has 0 spiro atoms. The summed E-state index contributed by atoms with van der Waals surface area (Å²) >= 11 is 0. The Hall–Kier alpha value is -2.04. The highest BCUT2D eigenvalue weighted by molar-refractivity contribution is 6.01. The third-order valence-corrected chi connectivity index (χ3v) is 3.25. The van der Waals surface area contributed by atoms with Crippen molar-refractivity contribution in [1.29, 1.82) is 0 Å². The average molecular weight is 248 g/mol. The van der Waals surface area contributed by atoms with Gasteiger partial charge in [0.1, 0.15) is 6.04 Å². The van der Waals surface area contributed by atoms with Crippen molar-refractivity contribution in [3.8, 4) is 0 Å². The number of benzene rings is 1. The van der Waals surface area contributed by atoms with Gasteiger partial charge in [0.15, 0.2) is 0 Å². The van der Waals surface area contributed by atoms with Crippen molar-refractivity contribution in [1.82, 2.24) is 0 Å². The number of carbonyl (C=O) groups is 2. The Morgan fingerprint density at radius 3 is 2.78 bits per heavy atom. The van der Waals surface area contributed by atoms with Gasteiger partial charge < -0.3 is 10.4 Å². The molecule has 1 aromatic carbocycles. The van der Waals surface area contributed by atoms with E-state index in [0.717, 1.165) is 11.3 Å². The van der Waals surface area contributed by atoms with E-state index < -0.39 is 12.0 Å². The summed E-state index contributed by atoms with van der Waals surface area (Å²) in [6, 6.07) is 4.78. The molecule has 5 heteroatoms. The van der Waals surface area contributed by atoms with E-state index in [1.54, 1.807) is 6.07 Å². The number of amides is 1. The molecule has 0 aromatic heterocycles. The normalized spacial score (nSPS) is 16.1. The molecular formula is C13H16N2O3. The number of anilines is 2. The minimum atomic E-state index is -0.992. The van der Waals surface area contributed by atoms with Crippen molar-refractivity contribution in [2.75, 3.05) is 17.3 Å². The van der Waals surface area contributed by atoms with Crippen LogP contribution in [0.3, 0.4) is 0 Å². The number of carboxylic acid groups (broad SMARTS) is 1. The summed E-state index contributed by atoms with van der Waals surface area (Å²) in [5, 5.41) is 12.1. The molecule has 0 bridgehead atoms. The molecule has 1 aliphatic heterocycles. The first-order chi connectivity index (χ1) is 8.54. The first-order valence-electron chi connectivity index (χ1n) is 5.90. The first-order valence-corrected chi connectivity index (χ1v) is 5.90. The van der Waals surface area contributed by atoms with Crippen molar-refractivity contribution in [3.05, 3.63) is 23.8 Å². The number of aryl methyl sites for hydroxylation is 1. The summed E-state index contributed by atoms with van der Waals surface area (Å²) in [5.74, 6) is -1.12. The lowest BCUT2D eigenvalue weighted by atomic mass is 9.99. The van der Waals surface area contributed by atoms with E-state index in [0.29, 0.717) is 18.5 Å². The van der Waals surface area contributed by atoms with Crippen molar-refractivity contribution >= 4 is 23.3 Å². The van der Waals surface area contributed by atoms with Crippen LogP contribution in [0.25, 0.3) is 0 Å². The minimum Gasteiger partial charge on any atom is -0.480 e. The number of carboxylic acids is 1. The molecule has 0 radical (unpaired) electrons. The SMILES string of the molecule is CNc1ccc2c(c1)CCC(=O)N2C(C)C(=O)O. The van der Waals surface area contributed by atoms with Gasteiger partial charge in [-0.2, -0.15) is 0 Å². The van der Waals surface area contributed by atoms with Gasteiger partial charge in [0.2, 0.25) is 5.91 Å². The Morgan fingerprint density at radius 1 is 1.44 bits per heavy atom. The second-order valence-corrected chi connectivity index (χ2v) is 4.37. The van der Waals surface area contributed by atoms with Crippen LogP contribution in [-0.4, -0.2) is 30.1 Å². The number of hydrogen-bond acceptors (Lipinski definition) is 3. The van der Waals surface area contributed by atoms with E-state index in [9.17, 15) is 9.59 Å². The molecule has 0 saturated heterocycles. The maximum absolute atomic E-state index is 11.9. The van der Waals surface area contributed by atoms with Gasteiger partial charge in [0.05, 0.1) is 0 Å². The van der Waals surface area contributed by atoms with Crippen LogP contribution < -0.4 is 10.2 Å². The number of rotatable bonds is 3. The molecule has 1 amide bonds. The summed E-state index contributed by atoms with van der Waals surface area (Å²) in [6.45, 7) is 1.53. The third kappa shape index (κ3) is 2.03. The highest BCUT2D eigenvalue weighted by Gasteiger charge is 2.31. The summed E-state index contributed by atoms with van der Waals surface area (Å²) in [5.41, 5.74) is 2.68. The van der Waals surface area contributed by atoms with Crippen LogP contribution in [-0.2, 0) is 16.0 Å². The van der Waals surface area contributed by atoms with Gasteiger partial charge in [-0.1, -0.05) is 0 Å². The average Bonchev–Trinajstić information content (AvgIpc) is 2.37. The van der Waals surface area contributed by atoms with Crippen LogP contribution in [0.1, 0.15) is 18.9 Å². The number of carbonyl (C=O) groups excluding carboxylic acids is 1. The molecule has 1 aliphatic rings. The summed E-state index contributed by atoms with van der Waals surface area (Å²) < 4.78 is 0. The van der Waals surface area contributed by atoms with Gasteiger partial charge in [-0.05, 0) is 37.1 Å². The summed E-state index contributed by atoms with van der Waals surface area (Å²) in [6.07, 6.45) is 1.02. The van der Waals surface area contributed by atoms with Crippen LogP contribution >= 0.6 is 0 Å². The lowest BCUT2D eigenvalue weighted by Crippen LogP contribution is -2.45. The van der Waals surface area contributed by atoms with E-state index in [2.05, 4.69) is 5.32 Å². The predicted octanol–water partition coefficient (Wildman–Crippen LogP) is 1.48. The Labute approximate surface area is 105 Å². The molecule has 1 atom stereocenters. The fourth-order valence-electron chi connectivity index (χ4n) is 2.21. The zero-order valence-electron chi connectivity index (χ0n) is 10.4. The smallest absolute Gasteiger partial charge is 0.326 e. The van der Waals surface area contributed by atoms with Gasteiger partial charge in [-0.15, -0.1) is 0 Å². The lowest BCUT2D eigenvalue weighted by Gasteiger charge is -2.32. The molecule has 1 heterocycles. The molecular weight excluding hydrogens is 232 g/mol. The quantitative estimate of drug-likeness (QED) is 0.850. The van der Waals surface area contributed by atoms with E-state index >= 15 is 0 Å². The summed E-state index contributed by atoms with van der Waals surface area (Å²) in [4.78, 5) is 24.4. The highest BCUT2D eigenvalue weighted by Crippen LogP contribution is 2.31. The number of hydrogen-bond donors (Lipinski definition) is 2. The standard InChI is InChI=1S/C13H16N2O3/c1-8(13(17)18)15-11-5-4-10(14-2)7-9(11)3-6-12(15)16/h4-5,7-8,14H,3,6H2,1-2H3,(H,17,18). The van der Waals surface area contributed by atoms with Crippen molar-refractivity contribution < 1.29 is 14.7 Å². The van der Waals surface area contributed by atoms with Crippen molar-refractivity contribution in [2.24, 2.45) is 0 Å². The van der Waals surface area contributed by atoms with Crippen LogP contribution in [0.5, 0.6) is 0 Å². The molecule has 1 aromatic rings. The Balaban J connectivity index is 2.44. The topological polar surface area (TPSA) is 69.6 Å². The van der Waals surface area contributed by atoms with E-state index in [1.165, 1.54) is 11.8 Å². The molecule has 96 valence electrons. The van der Waals surface area contributed by atoms with Crippen molar-refractivity contribution in [2.45, 2.75) is 25.8 Å². The van der Waals surface area contributed by atoms with Crippen molar-refractivity contribution in [3.63, 3.8) is 0 Å². The largest absolute Gasteiger partial charge is 0.480 e. The molecule has 2 N–H and O–H groups in total. The van der Waals surface area contributed by atoms with Gasteiger partial charge in [-0.3, -0.25) is 9.69 Å². The van der Waals surface area contributed by atoms with Gasteiger partial charge in [0.25, 0.3) is 0 Å². The second kappa shape index (κ2) is 4.68. The molecule has 2 rings (SSSR count). The highest BCUT2D eigenvalue weighted by atomic mass is 16.4. The van der Waals surface area contributed by atoms with Gasteiger partial charge in [0, 0.05) is 24.8 Å². The fraction of sp³-hybridized carbons (Fsp3) is 0.385. The van der Waals surface area contributed by atoms with E-state index in [1.807, 2.05) is 19.2 Å². The van der Waals surface area contributed by atoms with Gasteiger partial charge in [-0.25, -0.2) is 4.79 Å². The second-order valence-electron chi connectivity index (χ2n) is 4.37. The number of fused-ring (bicyclic) bond motifs is 1. The fourth-order valence-corrected chi connectivity index (χ4v) is 2.21. The number of aliphatic carboxylic acids is 1. The van der Waals surface area contributed by atoms with Crippen LogP contribution in [0.4, 0.5) is 11.4 Å². The Bertz CT molecular complexity index is 499. The first kappa shape index (κ1) is 12.4. The number of nitrogens with zero attached hydrogens (tertiary/aromatic N) is 1. The Morgan fingerprint density at radius 2 is 2.17 bits per heavy atom. The van der Waals surface area contributed by atoms with Crippen LogP contribution in [0, 0.1) is 0 Å². The summed E-state index contributed by atoms with van der Waals surface area (Å²) in [7, 11) is 1.83. The Kier molecular flexibility index (Phi) is 3.23. The zero-order chi connectivity index (χ0) is 13.3. The molecule has 1 unspecified atom stereocenters. The molecule has 0 fully saturated rings. The maximum Gasteiger partial charge on any atom is 0.326 e.